The summed E-state index contributed by atoms with van der Waals surface area (Å²) in [6.07, 6.45) is -0.315. The number of amides is 2. The van der Waals surface area contributed by atoms with Gasteiger partial charge >= 0.3 is 6.09 Å². The average Bonchev–Trinajstić information content (AvgIpc) is 3.40. The molecule has 2 amide bonds. The molecule has 3 heterocycles. The second-order valence-electron chi connectivity index (χ2n) is 7.14. The summed E-state index contributed by atoms with van der Waals surface area (Å²) >= 11 is 1.40. The summed E-state index contributed by atoms with van der Waals surface area (Å²) in [5.41, 5.74) is 1.03. The maximum Gasteiger partial charge on any atom is 0.409 e. The van der Waals surface area contributed by atoms with Crippen molar-refractivity contribution in [1.29, 1.82) is 0 Å². The Morgan fingerprint density at radius 2 is 1.71 bits per heavy atom. The number of carbonyl (C=O) groups is 2. The molecule has 31 heavy (non-hydrogen) atoms. The number of aromatic nitrogens is 3. The van der Waals surface area contributed by atoms with E-state index in [2.05, 4.69) is 15.1 Å². The Morgan fingerprint density at radius 3 is 2.39 bits per heavy atom. The van der Waals surface area contributed by atoms with E-state index in [1.807, 2.05) is 28.8 Å². The van der Waals surface area contributed by atoms with Crippen LogP contribution in [0.15, 0.2) is 29.4 Å². The fourth-order valence-electron chi connectivity index (χ4n) is 3.66. The van der Waals surface area contributed by atoms with Crippen molar-refractivity contribution in [2.24, 2.45) is 0 Å². The maximum absolute atomic E-state index is 12.6. The van der Waals surface area contributed by atoms with Gasteiger partial charge in [-0.15, -0.1) is 10.2 Å². The van der Waals surface area contributed by atoms with E-state index in [0.717, 1.165) is 35.6 Å². The summed E-state index contributed by atoms with van der Waals surface area (Å²) in [5.74, 6) is 1.92. The maximum atomic E-state index is 12.6. The van der Waals surface area contributed by atoms with Gasteiger partial charge in [-0.25, -0.2) is 4.79 Å². The van der Waals surface area contributed by atoms with Gasteiger partial charge in [-0.05, 0) is 31.2 Å². The number of rotatable bonds is 6. The number of methoxy groups -OCH3 is 1. The van der Waals surface area contributed by atoms with Crippen LogP contribution >= 0.6 is 11.8 Å². The number of hydrogen-bond donors (Lipinski definition) is 0. The number of benzene rings is 1. The van der Waals surface area contributed by atoms with E-state index in [9.17, 15) is 9.59 Å². The van der Waals surface area contributed by atoms with E-state index >= 15 is 0 Å². The van der Waals surface area contributed by atoms with Crippen molar-refractivity contribution in [2.75, 3.05) is 57.1 Å². The highest BCUT2D eigenvalue weighted by Crippen LogP contribution is 2.32. The molecular formula is C20H26N6O4S. The first-order valence-corrected chi connectivity index (χ1v) is 11.3. The minimum absolute atomic E-state index is 0.0378. The Morgan fingerprint density at radius 1 is 1.00 bits per heavy atom. The SMILES string of the molecule is CCOC(=O)N1CCN(C(=O)CSc2nnc3n2CCN3c2ccc(OC)cc2)CC1. The molecule has 0 bridgehead atoms. The molecule has 1 aromatic carbocycles. The topological polar surface area (TPSA) is 93.0 Å². The van der Waals surface area contributed by atoms with Crippen LogP contribution in [-0.4, -0.2) is 88.8 Å². The predicted octanol–water partition coefficient (Wildman–Crippen LogP) is 1.83. The molecule has 0 N–H and O–H groups in total. The molecule has 0 atom stereocenters. The lowest BCUT2D eigenvalue weighted by atomic mass is 10.3. The minimum Gasteiger partial charge on any atom is -0.497 e. The zero-order valence-electron chi connectivity index (χ0n) is 17.7. The van der Waals surface area contributed by atoms with E-state index in [1.165, 1.54) is 11.8 Å². The number of ether oxygens (including phenoxy) is 2. The average molecular weight is 447 g/mol. The quantitative estimate of drug-likeness (QED) is 0.621. The predicted molar refractivity (Wildman–Crippen MR) is 116 cm³/mol. The van der Waals surface area contributed by atoms with Gasteiger partial charge in [0.2, 0.25) is 11.9 Å². The van der Waals surface area contributed by atoms with Crippen molar-refractivity contribution < 1.29 is 19.1 Å². The first-order chi connectivity index (χ1) is 15.1. The highest BCUT2D eigenvalue weighted by atomic mass is 32.2. The van der Waals surface area contributed by atoms with E-state index in [4.69, 9.17) is 9.47 Å². The number of thioether (sulfide) groups is 1. The molecular weight excluding hydrogens is 420 g/mol. The van der Waals surface area contributed by atoms with Crippen LogP contribution in [0.2, 0.25) is 0 Å². The Labute approximate surface area is 185 Å². The molecule has 1 aromatic heterocycles. The monoisotopic (exact) mass is 446 g/mol. The largest absolute Gasteiger partial charge is 0.497 e. The van der Waals surface area contributed by atoms with Gasteiger partial charge in [0.25, 0.3) is 0 Å². The van der Waals surface area contributed by atoms with Crippen LogP contribution in [0.3, 0.4) is 0 Å². The summed E-state index contributed by atoms with van der Waals surface area (Å²) < 4.78 is 12.3. The van der Waals surface area contributed by atoms with Gasteiger partial charge in [-0.2, -0.15) is 0 Å². The first kappa shape index (κ1) is 21.3. The van der Waals surface area contributed by atoms with Crippen molar-refractivity contribution in [1.82, 2.24) is 24.6 Å². The lowest BCUT2D eigenvalue weighted by Gasteiger charge is -2.34. The third kappa shape index (κ3) is 4.55. The van der Waals surface area contributed by atoms with Gasteiger partial charge in [0.1, 0.15) is 5.75 Å². The summed E-state index contributed by atoms with van der Waals surface area (Å²) in [6.45, 7) is 5.72. The molecule has 1 fully saturated rings. The van der Waals surface area contributed by atoms with Crippen LogP contribution in [0.25, 0.3) is 0 Å². The van der Waals surface area contributed by atoms with Gasteiger partial charge in [-0.3, -0.25) is 9.36 Å². The Balaban J connectivity index is 1.31. The van der Waals surface area contributed by atoms with Gasteiger partial charge in [-0.1, -0.05) is 11.8 Å². The lowest BCUT2D eigenvalue weighted by Crippen LogP contribution is -2.51. The minimum atomic E-state index is -0.315. The highest BCUT2D eigenvalue weighted by Gasteiger charge is 2.28. The fraction of sp³-hybridized carbons (Fsp3) is 0.500. The Kier molecular flexibility index (Phi) is 6.50. The molecule has 2 aliphatic rings. The second-order valence-corrected chi connectivity index (χ2v) is 8.08. The lowest BCUT2D eigenvalue weighted by molar-refractivity contribution is -0.129. The Bertz CT molecular complexity index is 926. The van der Waals surface area contributed by atoms with E-state index < -0.39 is 0 Å². The number of nitrogens with zero attached hydrogens (tertiary/aromatic N) is 6. The molecule has 4 rings (SSSR count). The van der Waals surface area contributed by atoms with E-state index in [1.54, 1.807) is 23.8 Å². The van der Waals surface area contributed by atoms with E-state index in [0.29, 0.717) is 38.5 Å². The van der Waals surface area contributed by atoms with Gasteiger partial charge < -0.3 is 24.2 Å². The number of fused-ring (bicyclic) bond motifs is 1. The molecule has 11 heteroatoms. The molecule has 2 aromatic rings. The molecule has 0 spiro atoms. The van der Waals surface area contributed by atoms with Crippen LogP contribution in [0.1, 0.15) is 6.92 Å². The van der Waals surface area contributed by atoms with Crippen LogP contribution in [-0.2, 0) is 16.1 Å². The highest BCUT2D eigenvalue weighted by molar-refractivity contribution is 7.99. The third-order valence-electron chi connectivity index (χ3n) is 5.35. The summed E-state index contributed by atoms with van der Waals surface area (Å²) in [5, 5.41) is 9.37. The van der Waals surface area contributed by atoms with Gasteiger partial charge in [0.05, 0.1) is 19.5 Å². The normalized spacial score (nSPS) is 15.7. The molecule has 1 saturated heterocycles. The summed E-state index contributed by atoms with van der Waals surface area (Å²) in [7, 11) is 1.65. The zero-order chi connectivity index (χ0) is 21.8. The molecule has 0 aliphatic carbocycles. The van der Waals surface area contributed by atoms with E-state index in [-0.39, 0.29) is 12.0 Å². The Hall–Kier alpha value is -2.95. The number of anilines is 2. The smallest absolute Gasteiger partial charge is 0.409 e. The van der Waals surface area contributed by atoms with Crippen LogP contribution in [0.4, 0.5) is 16.4 Å². The number of carbonyl (C=O) groups excluding carboxylic acids is 2. The van der Waals surface area contributed by atoms with Crippen molar-refractivity contribution in [3.8, 4) is 5.75 Å². The van der Waals surface area contributed by atoms with Crippen LogP contribution in [0.5, 0.6) is 5.75 Å². The van der Waals surface area contributed by atoms with Gasteiger partial charge in [0.15, 0.2) is 5.16 Å². The third-order valence-corrected chi connectivity index (χ3v) is 6.30. The first-order valence-electron chi connectivity index (χ1n) is 10.3. The fourth-order valence-corrected chi connectivity index (χ4v) is 4.52. The molecule has 0 radical (unpaired) electrons. The molecule has 2 aliphatic heterocycles. The van der Waals surface area contributed by atoms with Crippen molar-refractivity contribution in [3.05, 3.63) is 24.3 Å². The summed E-state index contributed by atoms with van der Waals surface area (Å²) in [6, 6.07) is 7.83. The van der Waals surface area contributed by atoms with Crippen LogP contribution in [0, 0.1) is 0 Å². The van der Waals surface area contributed by atoms with Crippen LogP contribution < -0.4 is 9.64 Å². The number of hydrogen-bond acceptors (Lipinski definition) is 8. The number of piperazine rings is 1. The molecule has 10 nitrogen and oxygen atoms in total. The molecule has 0 unspecified atom stereocenters. The molecule has 166 valence electrons. The van der Waals surface area contributed by atoms with Crippen molar-refractivity contribution >= 4 is 35.4 Å². The second kappa shape index (κ2) is 9.46. The van der Waals surface area contributed by atoms with Gasteiger partial charge in [0, 0.05) is 45.0 Å². The summed E-state index contributed by atoms with van der Waals surface area (Å²) in [4.78, 5) is 30.0. The standard InChI is InChI=1S/C20H26N6O4S/c1-3-30-20(28)24-10-8-23(9-11-24)17(27)14-31-19-22-21-18-25(12-13-26(18)19)15-4-6-16(29-2)7-5-15/h4-7H,3,8-14H2,1-2H3. The molecule has 0 saturated carbocycles. The van der Waals surface area contributed by atoms with Crippen molar-refractivity contribution in [3.63, 3.8) is 0 Å². The zero-order valence-corrected chi connectivity index (χ0v) is 18.5. The van der Waals surface area contributed by atoms with Crippen molar-refractivity contribution in [2.45, 2.75) is 18.6 Å².